The molecule has 0 aliphatic carbocycles. The first-order valence-corrected chi connectivity index (χ1v) is 6.32. The maximum absolute atomic E-state index is 10.2. The van der Waals surface area contributed by atoms with Crippen molar-refractivity contribution < 1.29 is 9.52 Å². The Morgan fingerprint density at radius 1 is 1.05 bits per heavy atom. The van der Waals surface area contributed by atoms with E-state index in [4.69, 9.17) is 4.42 Å². The van der Waals surface area contributed by atoms with Crippen molar-refractivity contribution in [3.05, 3.63) is 36.2 Å². The number of hydrogen-bond acceptors (Lipinski definition) is 7. The van der Waals surface area contributed by atoms with Crippen LogP contribution in [0.15, 0.2) is 34.7 Å². The molecule has 3 rings (SSSR count). The van der Waals surface area contributed by atoms with Crippen molar-refractivity contribution in [3.8, 4) is 28.5 Å². The number of nitrogens with zero attached hydrogens (tertiary/aromatic N) is 4. The van der Waals surface area contributed by atoms with Crippen LogP contribution in [0.4, 0.5) is 5.82 Å². The summed E-state index contributed by atoms with van der Waals surface area (Å²) in [4.78, 5) is 0. The van der Waals surface area contributed by atoms with E-state index in [-0.39, 0.29) is 5.75 Å². The number of hydrogen-bond donors (Lipinski definition) is 2. The molecule has 0 aliphatic heterocycles. The van der Waals surface area contributed by atoms with Crippen molar-refractivity contribution in [3.63, 3.8) is 0 Å². The van der Waals surface area contributed by atoms with Gasteiger partial charge in [-0.25, -0.2) is 0 Å². The predicted octanol–water partition coefficient (Wildman–Crippen LogP) is 2.25. The van der Waals surface area contributed by atoms with Gasteiger partial charge in [0.05, 0.1) is 5.69 Å². The quantitative estimate of drug-likeness (QED) is 0.760. The smallest absolute Gasteiger partial charge is 0.247 e. The van der Waals surface area contributed by atoms with Gasteiger partial charge in [0.1, 0.15) is 11.6 Å². The Balaban J connectivity index is 1.97. The number of anilines is 1. The van der Waals surface area contributed by atoms with E-state index in [1.165, 1.54) is 0 Å². The lowest BCUT2D eigenvalue weighted by atomic mass is 10.1. The second-order valence-corrected chi connectivity index (χ2v) is 4.41. The molecular weight excluding hydrogens is 270 g/mol. The maximum Gasteiger partial charge on any atom is 0.247 e. The molecule has 3 aromatic rings. The van der Waals surface area contributed by atoms with Crippen LogP contribution in [0.1, 0.15) is 5.89 Å². The molecule has 0 spiro atoms. The molecule has 0 atom stereocenters. The van der Waals surface area contributed by atoms with E-state index in [0.717, 1.165) is 0 Å². The molecule has 21 heavy (non-hydrogen) atoms. The molecule has 0 bridgehead atoms. The second-order valence-electron chi connectivity index (χ2n) is 4.41. The van der Waals surface area contributed by atoms with E-state index in [1.54, 1.807) is 44.3 Å². The van der Waals surface area contributed by atoms with Gasteiger partial charge in [-0.2, -0.15) is 0 Å². The molecular formula is C14H13N5O2. The van der Waals surface area contributed by atoms with Crippen molar-refractivity contribution in [1.82, 2.24) is 20.4 Å². The molecule has 0 fully saturated rings. The van der Waals surface area contributed by atoms with Crippen LogP contribution in [0, 0.1) is 6.92 Å². The Hall–Kier alpha value is -2.96. The molecule has 0 saturated carbocycles. The van der Waals surface area contributed by atoms with Crippen molar-refractivity contribution >= 4 is 5.82 Å². The fourth-order valence-corrected chi connectivity index (χ4v) is 1.90. The van der Waals surface area contributed by atoms with Crippen molar-refractivity contribution in [1.29, 1.82) is 0 Å². The summed E-state index contributed by atoms with van der Waals surface area (Å²) in [6.45, 7) is 1.71. The van der Waals surface area contributed by atoms with Crippen LogP contribution in [0.25, 0.3) is 22.7 Å². The minimum atomic E-state index is 0.0786. The van der Waals surface area contributed by atoms with Crippen LogP contribution in [0.2, 0.25) is 0 Å². The normalized spacial score (nSPS) is 10.6. The Labute approximate surface area is 120 Å². The largest absolute Gasteiger partial charge is 0.507 e. The van der Waals surface area contributed by atoms with Gasteiger partial charge in [0.25, 0.3) is 0 Å². The number of benzene rings is 1. The summed E-state index contributed by atoms with van der Waals surface area (Å²) in [5.41, 5.74) is 1.82. The first kappa shape index (κ1) is 13.0. The van der Waals surface area contributed by atoms with E-state index in [2.05, 4.69) is 25.7 Å². The molecule has 7 heteroatoms. The standard InChI is InChI=1S/C14H13N5O2/c1-8-16-19-14(21-8)9-3-4-10(12(20)7-9)11-5-6-13(15-2)18-17-11/h3-7,20H,1-2H3,(H,15,18). The summed E-state index contributed by atoms with van der Waals surface area (Å²) in [6.07, 6.45) is 0. The molecule has 2 aromatic heterocycles. The number of rotatable bonds is 3. The Morgan fingerprint density at radius 2 is 1.90 bits per heavy atom. The Kier molecular flexibility index (Phi) is 3.23. The van der Waals surface area contributed by atoms with Crippen LogP contribution in [0.3, 0.4) is 0 Å². The van der Waals surface area contributed by atoms with E-state index in [1.807, 2.05) is 0 Å². The summed E-state index contributed by atoms with van der Waals surface area (Å²) in [6, 6.07) is 8.67. The number of nitrogens with one attached hydrogen (secondary N) is 1. The maximum atomic E-state index is 10.2. The van der Waals surface area contributed by atoms with Gasteiger partial charge in [-0.05, 0) is 30.3 Å². The summed E-state index contributed by atoms with van der Waals surface area (Å²) >= 11 is 0. The Bertz CT molecular complexity index is 767. The first-order chi connectivity index (χ1) is 10.2. The predicted molar refractivity (Wildman–Crippen MR) is 76.7 cm³/mol. The molecule has 0 saturated heterocycles. The lowest BCUT2D eigenvalue weighted by Crippen LogP contribution is -1.95. The number of phenols is 1. The van der Waals surface area contributed by atoms with E-state index in [9.17, 15) is 5.11 Å². The van der Waals surface area contributed by atoms with Gasteiger partial charge < -0.3 is 14.8 Å². The van der Waals surface area contributed by atoms with Gasteiger partial charge in [0.2, 0.25) is 11.8 Å². The highest BCUT2D eigenvalue weighted by Gasteiger charge is 2.11. The van der Waals surface area contributed by atoms with E-state index >= 15 is 0 Å². The summed E-state index contributed by atoms with van der Waals surface area (Å²) in [7, 11) is 1.77. The summed E-state index contributed by atoms with van der Waals surface area (Å²) < 4.78 is 5.33. The van der Waals surface area contributed by atoms with Crippen LogP contribution in [-0.4, -0.2) is 32.5 Å². The average molecular weight is 283 g/mol. The number of aromatic hydroxyl groups is 1. The third kappa shape index (κ3) is 2.53. The third-order valence-corrected chi connectivity index (χ3v) is 2.97. The lowest BCUT2D eigenvalue weighted by molar-refractivity contribution is 0.476. The van der Waals surface area contributed by atoms with Gasteiger partial charge in [0.15, 0.2) is 0 Å². The van der Waals surface area contributed by atoms with Crippen LogP contribution < -0.4 is 5.32 Å². The molecule has 2 heterocycles. The third-order valence-electron chi connectivity index (χ3n) is 2.97. The topological polar surface area (TPSA) is 97.0 Å². The first-order valence-electron chi connectivity index (χ1n) is 6.32. The molecule has 0 amide bonds. The molecule has 1 aromatic carbocycles. The zero-order valence-electron chi connectivity index (χ0n) is 11.5. The van der Waals surface area contributed by atoms with E-state index in [0.29, 0.717) is 34.4 Å². The number of phenolic OH excluding ortho intramolecular Hbond substituents is 1. The molecule has 0 aliphatic rings. The second kappa shape index (κ2) is 5.20. The molecule has 106 valence electrons. The summed E-state index contributed by atoms with van der Waals surface area (Å²) in [5, 5.41) is 28.8. The average Bonchev–Trinajstić information content (AvgIpc) is 2.94. The van der Waals surface area contributed by atoms with E-state index < -0.39 is 0 Å². The zero-order valence-corrected chi connectivity index (χ0v) is 11.5. The van der Waals surface area contributed by atoms with Gasteiger partial charge in [-0.3, -0.25) is 0 Å². The Morgan fingerprint density at radius 3 is 2.48 bits per heavy atom. The lowest BCUT2D eigenvalue weighted by Gasteiger charge is -2.05. The zero-order chi connectivity index (χ0) is 14.8. The van der Waals surface area contributed by atoms with Crippen molar-refractivity contribution in [2.24, 2.45) is 0 Å². The molecule has 2 N–H and O–H groups in total. The minimum absolute atomic E-state index is 0.0786. The number of aromatic nitrogens is 4. The molecule has 7 nitrogen and oxygen atoms in total. The van der Waals surface area contributed by atoms with Gasteiger partial charge in [0, 0.05) is 25.1 Å². The summed E-state index contributed by atoms with van der Waals surface area (Å²) in [5.74, 6) is 1.58. The van der Waals surface area contributed by atoms with Crippen LogP contribution >= 0.6 is 0 Å². The molecule has 0 unspecified atom stereocenters. The number of aryl methyl sites for hydroxylation is 1. The van der Waals surface area contributed by atoms with Gasteiger partial charge >= 0.3 is 0 Å². The highest BCUT2D eigenvalue weighted by molar-refractivity contribution is 5.71. The highest BCUT2D eigenvalue weighted by Crippen LogP contribution is 2.31. The highest BCUT2D eigenvalue weighted by atomic mass is 16.4. The van der Waals surface area contributed by atoms with Crippen LogP contribution in [-0.2, 0) is 0 Å². The minimum Gasteiger partial charge on any atom is -0.507 e. The monoisotopic (exact) mass is 283 g/mol. The van der Waals surface area contributed by atoms with Crippen LogP contribution in [0.5, 0.6) is 5.75 Å². The van der Waals surface area contributed by atoms with Crippen molar-refractivity contribution in [2.75, 3.05) is 12.4 Å². The van der Waals surface area contributed by atoms with Gasteiger partial charge in [-0.1, -0.05) is 0 Å². The van der Waals surface area contributed by atoms with Gasteiger partial charge in [-0.15, -0.1) is 20.4 Å². The fraction of sp³-hybridized carbons (Fsp3) is 0.143. The van der Waals surface area contributed by atoms with Crippen molar-refractivity contribution in [2.45, 2.75) is 6.92 Å². The SMILES string of the molecule is CNc1ccc(-c2ccc(-c3nnc(C)o3)cc2O)nn1. The fourth-order valence-electron chi connectivity index (χ4n) is 1.90. The molecule has 0 radical (unpaired) electrons.